The van der Waals surface area contributed by atoms with Gasteiger partial charge in [-0.1, -0.05) is 6.08 Å². The van der Waals surface area contributed by atoms with E-state index in [1.54, 1.807) is 6.26 Å². The summed E-state index contributed by atoms with van der Waals surface area (Å²) in [6.45, 7) is 7.04. The first-order chi connectivity index (χ1) is 8.66. The van der Waals surface area contributed by atoms with Crippen LogP contribution >= 0.6 is 0 Å². The third kappa shape index (κ3) is 2.19. The molecule has 0 bridgehead atoms. The number of rotatable bonds is 4. The van der Waals surface area contributed by atoms with Gasteiger partial charge in [0, 0.05) is 37.7 Å². The monoisotopic (exact) mass is 255 g/mol. The quantitative estimate of drug-likeness (QED) is 0.579. The Morgan fingerprint density at radius 3 is 3.11 bits per heavy atom. The van der Waals surface area contributed by atoms with Crippen LogP contribution in [0.5, 0.6) is 0 Å². The van der Waals surface area contributed by atoms with E-state index >= 15 is 0 Å². The molecule has 0 spiro atoms. The van der Waals surface area contributed by atoms with Crippen molar-refractivity contribution in [2.45, 2.75) is 25.5 Å². The zero-order valence-electron chi connectivity index (χ0n) is 10.9. The van der Waals surface area contributed by atoms with Crippen LogP contribution in [0.1, 0.15) is 13.3 Å². The minimum Gasteiger partial charge on any atom is -0.472 e. The molecular weight excluding hydrogens is 234 g/mol. The Bertz CT molecular complexity index is 344. The molecule has 18 heavy (non-hydrogen) atoms. The normalized spacial score (nSPS) is 39.5. The molecule has 4 atom stereocenters. The summed E-state index contributed by atoms with van der Waals surface area (Å²) >= 11 is 0. The fourth-order valence-electron chi connectivity index (χ4n) is 2.67. The van der Waals surface area contributed by atoms with E-state index in [1.165, 1.54) is 7.11 Å². The van der Waals surface area contributed by atoms with Crippen molar-refractivity contribution in [1.82, 2.24) is 5.32 Å². The summed E-state index contributed by atoms with van der Waals surface area (Å²) < 4.78 is 16.3. The molecule has 0 amide bonds. The van der Waals surface area contributed by atoms with E-state index in [-0.39, 0.29) is 18.1 Å². The Morgan fingerprint density at radius 1 is 1.72 bits per heavy atom. The van der Waals surface area contributed by atoms with Crippen molar-refractivity contribution in [2.24, 2.45) is 11.8 Å². The molecule has 1 saturated heterocycles. The number of hydrogen-bond donors (Lipinski definition) is 2. The Balaban J connectivity index is 2.27. The molecule has 2 rings (SSSR count). The van der Waals surface area contributed by atoms with Crippen LogP contribution in [-0.2, 0) is 14.2 Å². The fourth-order valence-corrected chi connectivity index (χ4v) is 2.67. The van der Waals surface area contributed by atoms with Gasteiger partial charge in [0.1, 0.15) is 0 Å². The standard InChI is InChI=1S/C13H21NO4/c1-4-9-10-6-7-14-13(15,16-3)11(10)8-18-12(9)17-5-2/h4,8-10,12,14-15H,1,5-7H2,2-3H3. The molecule has 2 aliphatic heterocycles. The molecule has 2 heterocycles. The Hall–Kier alpha value is -0.880. The highest BCUT2D eigenvalue weighted by atomic mass is 16.7. The van der Waals surface area contributed by atoms with Crippen LogP contribution in [0, 0.1) is 11.8 Å². The highest BCUT2D eigenvalue weighted by Gasteiger charge is 2.47. The molecule has 0 saturated carbocycles. The number of ether oxygens (including phenoxy) is 3. The van der Waals surface area contributed by atoms with Gasteiger partial charge >= 0.3 is 0 Å². The number of fused-ring (bicyclic) bond motifs is 1. The van der Waals surface area contributed by atoms with Gasteiger partial charge in [0.15, 0.2) is 0 Å². The predicted molar refractivity (Wildman–Crippen MR) is 66.3 cm³/mol. The van der Waals surface area contributed by atoms with Gasteiger partial charge in [-0.25, -0.2) is 0 Å². The number of aliphatic hydroxyl groups is 1. The van der Waals surface area contributed by atoms with Crippen LogP contribution in [0.3, 0.4) is 0 Å². The summed E-state index contributed by atoms with van der Waals surface area (Å²) in [5.41, 5.74) is 0.706. The number of nitrogens with one attached hydrogen (secondary N) is 1. The van der Waals surface area contributed by atoms with Crippen molar-refractivity contribution in [2.75, 3.05) is 20.3 Å². The number of piperidine rings is 1. The summed E-state index contributed by atoms with van der Waals surface area (Å²) in [6, 6.07) is 0. The van der Waals surface area contributed by atoms with E-state index in [0.29, 0.717) is 18.7 Å². The zero-order chi connectivity index (χ0) is 13.2. The smallest absolute Gasteiger partial charge is 0.252 e. The van der Waals surface area contributed by atoms with E-state index in [2.05, 4.69) is 11.9 Å². The van der Waals surface area contributed by atoms with Crippen molar-refractivity contribution >= 4 is 0 Å². The predicted octanol–water partition coefficient (Wildman–Crippen LogP) is 0.967. The van der Waals surface area contributed by atoms with Gasteiger partial charge < -0.3 is 19.3 Å². The second-order valence-electron chi connectivity index (χ2n) is 4.52. The molecular formula is C13H21NO4. The maximum Gasteiger partial charge on any atom is 0.252 e. The minimum atomic E-state index is -1.44. The average molecular weight is 255 g/mol. The summed E-state index contributed by atoms with van der Waals surface area (Å²) in [5.74, 6) is -1.30. The van der Waals surface area contributed by atoms with E-state index < -0.39 is 5.91 Å². The number of methoxy groups -OCH3 is 1. The lowest BCUT2D eigenvalue weighted by Crippen LogP contribution is -2.57. The highest BCUT2D eigenvalue weighted by Crippen LogP contribution is 2.41. The summed E-state index contributed by atoms with van der Waals surface area (Å²) in [7, 11) is 1.47. The molecule has 102 valence electrons. The fraction of sp³-hybridized carbons (Fsp3) is 0.692. The molecule has 0 aromatic rings. The molecule has 0 aliphatic carbocycles. The average Bonchev–Trinajstić information content (AvgIpc) is 2.39. The maximum atomic E-state index is 10.3. The van der Waals surface area contributed by atoms with Gasteiger partial charge in [0.05, 0.1) is 6.26 Å². The van der Waals surface area contributed by atoms with Crippen LogP contribution < -0.4 is 5.32 Å². The SMILES string of the molecule is C=CC1C(OCC)OC=C2C1CCNC2(O)OC. The summed E-state index contributed by atoms with van der Waals surface area (Å²) in [4.78, 5) is 0. The number of hydrogen-bond acceptors (Lipinski definition) is 5. The molecule has 0 aromatic carbocycles. The van der Waals surface area contributed by atoms with Crippen LogP contribution in [0.4, 0.5) is 0 Å². The molecule has 0 aromatic heterocycles. The van der Waals surface area contributed by atoms with E-state index in [1.807, 2.05) is 13.0 Å². The topological polar surface area (TPSA) is 60.0 Å². The van der Waals surface area contributed by atoms with Crippen LogP contribution in [-0.4, -0.2) is 37.6 Å². The summed E-state index contributed by atoms with van der Waals surface area (Å²) in [5, 5.41) is 13.3. The first kappa shape index (κ1) is 13.5. The third-order valence-electron chi connectivity index (χ3n) is 3.62. The van der Waals surface area contributed by atoms with Gasteiger partial charge in [0.25, 0.3) is 5.91 Å². The highest BCUT2D eigenvalue weighted by molar-refractivity contribution is 5.21. The molecule has 5 nitrogen and oxygen atoms in total. The third-order valence-corrected chi connectivity index (χ3v) is 3.62. The minimum absolute atomic E-state index is 0.0220. The lowest BCUT2D eigenvalue weighted by atomic mass is 9.78. The molecule has 2 aliphatic rings. The maximum absolute atomic E-state index is 10.3. The molecule has 4 unspecified atom stereocenters. The van der Waals surface area contributed by atoms with Gasteiger partial charge in [-0.3, -0.25) is 5.32 Å². The van der Waals surface area contributed by atoms with Crippen molar-refractivity contribution < 1.29 is 19.3 Å². The van der Waals surface area contributed by atoms with Crippen LogP contribution in [0.2, 0.25) is 0 Å². The van der Waals surface area contributed by atoms with Crippen molar-refractivity contribution in [3.8, 4) is 0 Å². The molecule has 5 heteroatoms. The first-order valence-electron chi connectivity index (χ1n) is 6.29. The van der Waals surface area contributed by atoms with E-state index in [4.69, 9.17) is 14.2 Å². The second-order valence-corrected chi connectivity index (χ2v) is 4.52. The molecule has 2 N–H and O–H groups in total. The van der Waals surface area contributed by atoms with Gasteiger partial charge in [-0.2, -0.15) is 0 Å². The van der Waals surface area contributed by atoms with Crippen LogP contribution in [0.15, 0.2) is 24.5 Å². The van der Waals surface area contributed by atoms with Crippen molar-refractivity contribution in [3.05, 3.63) is 24.5 Å². The van der Waals surface area contributed by atoms with Gasteiger partial charge in [0.2, 0.25) is 6.29 Å². The Morgan fingerprint density at radius 2 is 2.50 bits per heavy atom. The van der Waals surface area contributed by atoms with Crippen LogP contribution in [0.25, 0.3) is 0 Å². The Kier molecular flexibility index (Phi) is 4.07. The van der Waals surface area contributed by atoms with E-state index in [9.17, 15) is 5.11 Å². The largest absolute Gasteiger partial charge is 0.472 e. The van der Waals surface area contributed by atoms with Crippen molar-refractivity contribution in [1.29, 1.82) is 0 Å². The van der Waals surface area contributed by atoms with Gasteiger partial charge in [-0.15, -0.1) is 6.58 Å². The second kappa shape index (κ2) is 5.40. The van der Waals surface area contributed by atoms with Gasteiger partial charge in [-0.05, 0) is 13.3 Å². The summed E-state index contributed by atoms with van der Waals surface area (Å²) in [6.07, 6.45) is 3.95. The Labute approximate surface area is 107 Å². The molecule has 0 radical (unpaired) electrons. The lowest BCUT2D eigenvalue weighted by Gasteiger charge is -2.45. The lowest BCUT2D eigenvalue weighted by molar-refractivity contribution is -0.214. The molecule has 1 fully saturated rings. The van der Waals surface area contributed by atoms with Crippen molar-refractivity contribution in [3.63, 3.8) is 0 Å². The first-order valence-corrected chi connectivity index (χ1v) is 6.29. The zero-order valence-corrected chi connectivity index (χ0v) is 10.9. The van der Waals surface area contributed by atoms with E-state index in [0.717, 1.165) is 6.42 Å².